The Bertz CT molecular complexity index is 1490. The molecule has 1 fully saturated rings. The minimum atomic E-state index is -4.88. The molecule has 1 atom stereocenters. The maximum absolute atomic E-state index is 14.6. The second kappa shape index (κ2) is 9.97. The third-order valence-electron chi connectivity index (χ3n) is 6.06. The van der Waals surface area contributed by atoms with E-state index in [1.54, 1.807) is 23.3 Å². The number of alkyl halides is 3. The number of rotatable bonds is 6. The molecule has 3 aromatic heterocycles. The van der Waals surface area contributed by atoms with Crippen LogP contribution >= 0.6 is 11.6 Å². The summed E-state index contributed by atoms with van der Waals surface area (Å²) < 4.78 is 56.7. The van der Waals surface area contributed by atoms with Crippen molar-refractivity contribution in [3.8, 4) is 11.3 Å². The van der Waals surface area contributed by atoms with Gasteiger partial charge in [-0.1, -0.05) is 11.6 Å². The van der Waals surface area contributed by atoms with E-state index in [2.05, 4.69) is 35.3 Å². The Morgan fingerprint density at radius 2 is 1.84 bits per heavy atom. The molecule has 4 heterocycles. The van der Waals surface area contributed by atoms with Gasteiger partial charge in [-0.3, -0.25) is 14.5 Å². The fraction of sp³-hybridized carbons (Fsp3) is 0.250. The highest BCUT2D eigenvalue weighted by Crippen LogP contribution is 2.39. The molecule has 0 radical (unpaired) electrons. The molecule has 4 aromatic rings. The molecule has 0 aliphatic carbocycles. The summed E-state index contributed by atoms with van der Waals surface area (Å²) in [6, 6.07) is 1.20. The monoisotopic (exact) mass is 546 g/mol. The molecule has 196 valence electrons. The lowest BCUT2D eigenvalue weighted by Crippen LogP contribution is -2.38. The number of anilines is 2. The maximum Gasteiger partial charge on any atom is 0.417 e. The Hall–Kier alpha value is -4.13. The van der Waals surface area contributed by atoms with Crippen LogP contribution in [0.5, 0.6) is 0 Å². The number of hydrogen-bond donors (Lipinski definition) is 1. The van der Waals surface area contributed by atoms with Crippen LogP contribution in [0.1, 0.15) is 41.0 Å². The highest BCUT2D eigenvalue weighted by Gasteiger charge is 2.36. The van der Waals surface area contributed by atoms with Crippen molar-refractivity contribution in [2.75, 3.05) is 23.3 Å². The van der Waals surface area contributed by atoms with E-state index in [0.29, 0.717) is 17.7 Å². The number of halogens is 5. The first kappa shape index (κ1) is 25.5. The van der Waals surface area contributed by atoms with Gasteiger partial charge >= 0.3 is 6.18 Å². The fourth-order valence-corrected chi connectivity index (χ4v) is 3.98. The van der Waals surface area contributed by atoms with E-state index >= 15 is 0 Å². The Kier molecular flexibility index (Phi) is 6.69. The smallest absolute Gasteiger partial charge is 0.341 e. The minimum Gasteiger partial charge on any atom is -0.341 e. The Labute approximate surface area is 218 Å². The predicted octanol–water partition coefficient (Wildman–Crippen LogP) is 5.01. The fourth-order valence-electron chi connectivity index (χ4n) is 3.82. The lowest BCUT2D eigenvalue weighted by molar-refractivity contribution is -0.137. The molecule has 0 spiro atoms. The van der Waals surface area contributed by atoms with E-state index in [9.17, 15) is 22.4 Å². The molecule has 1 aliphatic heterocycles. The van der Waals surface area contributed by atoms with Gasteiger partial charge in [0.15, 0.2) is 5.82 Å². The Morgan fingerprint density at radius 3 is 2.50 bits per heavy atom. The number of carbonyl (C=O) groups is 1. The molecule has 1 saturated heterocycles. The van der Waals surface area contributed by atoms with Crippen LogP contribution in [0, 0.1) is 5.82 Å². The van der Waals surface area contributed by atoms with E-state index in [0.717, 1.165) is 43.5 Å². The van der Waals surface area contributed by atoms with E-state index in [-0.39, 0.29) is 11.7 Å². The van der Waals surface area contributed by atoms with Crippen molar-refractivity contribution in [3.05, 3.63) is 77.0 Å². The summed E-state index contributed by atoms with van der Waals surface area (Å²) in [6.45, 7) is 3.75. The second-order valence-electron chi connectivity index (χ2n) is 8.57. The van der Waals surface area contributed by atoms with Crippen LogP contribution in [0.25, 0.3) is 11.3 Å². The number of nitrogens with zero attached hydrogens (tertiary/aromatic N) is 7. The van der Waals surface area contributed by atoms with Crippen LogP contribution in [-0.2, 0) is 6.18 Å². The van der Waals surface area contributed by atoms with Crippen LogP contribution in [0.3, 0.4) is 0 Å². The summed E-state index contributed by atoms with van der Waals surface area (Å²) in [4.78, 5) is 31.3. The summed E-state index contributed by atoms with van der Waals surface area (Å²) in [5.74, 6) is -1.42. The van der Waals surface area contributed by atoms with Crippen LogP contribution in [0.2, 0.25) is 5.02 Å². The topological polar surface area (TPSA) is 102 Å². The molecule has 5 rings (SSSR count). The van der Waals surface area contributed by atoms with Crippen molar-refractivity contribution >= 4 is 29.1 Å². The van der Waals surface area contributed by atoms with Gasteiger partial charge in [0.25, 0.3) is 5.91 Å². The van der Waals surface area contributed by atoms with Crippen molar-refractivity contribution in [3.63, 3.8) is 0 Å². The van der Waals surface area contributed by atoms with Gasteiger partial charge in [0.1, 0.15) is 5.69 Å². The zero-order valence-electron chi connectivity index (χ0n) is 19.7. The SMILES string of the molecule is C[C@H](c1cnc(N2CCC2)nc1)n1cc(NC(=O)c2cncc(-c3c(C(F)(F)F)ccc(Cl)c3F)n2)cn1. The van der Waals surface area contributed by atoms with Crippen LogP contribution in [-0.4, -0.2) is 48.7 Å². The molecule has 14 heteroatoms. The highest BCUT2D eigenvalue weighted by molar-refractivity contribution is 6.31. The first-order chi connectivity index (χ1) is 18.1. The lowest BCUT2D eigenvalue weighted by atomic mass is 10.0. The first-order valence-electron chi connectivity index (χ1n) is 11.4. The highest BCUT2D eigenvalue weighted by atomic mass is 35.5. The standard InChI is InChI=1S/C24H19ClF4N8O/c1-13(14-7-31-23(32-8-14)36-5-2-6-36)37-12-15(9-33-37)34-22(38)19-11-30-10-18(35-19)20-16(24(27,28)29)3-4-17(25)21(20)26/h3-4,7-13H,2,5-6H2,1H3,(H,34,38)/t13-/m1/s1. The number of nitrogens with one attached hydrogen (secondary N) is 1. The van der Waals surface area contributed by atoms with Gasteiger partial charge < -0.3 is 10.2 Å². The van der Waals surface area contributed by atoms with Gasteiger partial charge in [0.05, 0.1) is 52.2 Å². The largest absolute Gasteiger partial charge is 0.417 e. The van der Waals surface area contributed by atoms with Gasteiger partial charge in [0.2, 0.25) is 5.95 Å². The molecule has 38 heavy (non-hydrogen) atoms. The number of amides is 1. The number of benzene rings is 1. The van der Waals surface area contributed by atoms with E-state index in [1.807, 2.05) is 6.92 Å². The second-order valence-corrected chi connectivity index (χ2v) is 8.97. The van der Waals surface area contributed by atoms with Crippen molar-refractivity contribution in [1.82, 2.24) is 29.7 Å². The van der Waals surface area contributed by atoms with E-state index in [1.165, 1.54) is 6.20 Å². The van der Waals surface area contributed by atoms with Crippen molar-refractivity contribution in [1.29, 1.82) is 0 Å². The van der Waals surface area contributed by atoms with E-state index in [4.69, 9.17) is 11.6 Å². The third-order valence-corrected chi connectivity index (χ3v) is 6.35. The summed E-state index contributed by atoms with van der Waals surface area (Å²) in [5.41, 5.74) is -1.89. The number of hydrogen-bond acceptors (Lipinski definition) is 7. The Morgan fingerprint density at radius 1 is 1.11 bits per heavy atom. The van der Waals surface area contributed by atoms with Gasteiger partial charge in [0, 0.05) is 37.2 Å². The summed E-state index contributed by atoms with van der Waals surface area (Å²) in [6.07, 6.45) is 4.62. The zero-order valence-corrected chi connectivity index (χ0v) is 20.5. The maximum atomic E-state index is 14.6. The molecule has 1 amide bonds. The summed E-state index contributed by atoms with van der Waals surface area (Å²) in [5, 5.41) is 6.31. The van der Waals surface area contributed by atoms with Gasteiger partial charge in [-0.25, -0.2) is 19.3 Å². The number of aromatic nitrogens is 6. The molecular formula is C24H19ClF4N8O. The number of carbonyl (C=O) groups excluding carboxylic acids is 1. The predicted molar refractivity (Wildman–Crippen MR) is 130 cm³/mol. The average molecular weight is 547 g/mol. The van der Waals surface area contributed by atoms with Gasteiger partial charge in [-0.05, 0) is 25.5 Å². The quantitative estimate of drug-likeness (QED) is 0.339. The zero-order chi connectivity index (χ0) is 27.0. The molecule has 0 saturated carbocycles. The van der Waals surface area contributed by atoms with Crippen molar-refractivity contribution < 1.29 is 22.4 Å². The molecule has 0 bridgehead atoms. The molecule has 0 unspecified atom stereocenters. The van der Waals surface area contributed by atoms with Crippen LogP contribution in [0.15, 0.2) is 49.3 Å². The third kappa shape index (κ3) is 5.01. The van der Waals surface area contributed by atoms with Crippen molar-refractivity contribution in [2.45, 2.75) is 25.6 Å². The molecule has 9 nitrogen and oxygen atoms in total. The van der Waals surface area contributed by atoms with E-state index < -0.39 is 39.7 Å². The van der Waals surface area contributed by atoms with Crippen LogP contribution in [0.4, 0.5) is 29.2 Å². The molecular weight excluding hydrogens is 528 g/mol. The summed E-state index contributed by atoms with van der Waals surface area (Å²) >= 11 is 5.71. The molecule has 1 N–H and O–H groups in total. The average Bonchev–Trinajstić information content (AvgIpc) is 3.32. The lowest BCUT2D eigenvalue weighted by Gasteiger charge is -2.30. The van der Waals surface area contributed by atoms with Crippen molar-refractivity contribution in [2.24, 2.45) is 0 Å². The molecule has 1 aromatic carbocycles. The van der Waals surface area contributed by atoms with Gasteiger partial charge in [-0.15, -0.1) is 0 Å². The minimum absolute atomic E-state index is 0.249. The summed E-state index contributed by atoms with van der Waals surface area (Å²) in [7, 11) is 0. The first-order valence-corrected chi connectivity index (χ1v) is 11.8. The molecule has 1 aliphatic rings. The van der Waals surface area contributed by atoms with Crippen LogP contribution < -0.4 is 10.2 Å². The Balaban J connectivity index is 1.34. The normalized spacial score (nSPS) is 14.2. The van der Waals surface area contributed by atoms with Gasteiger partial charge in [-0.2, -0.15) is 18.3 Å².